The molecule has 0 radical (unpaired) electrons. The van der Waals surface area contributed by atoms with E-state index in [1.165, 1.54) is 17.8 Å². The van der Waals surface area contributed by atoms with E-state index < -0.39 is 4.92 Å². The molecule has 1 amide bonds. The van der Waals surface area contributed by atoms with Gasteiger partial charge in [0.05, 0.1) is 22.4 Å². The Kier molecular flexibility index (Phi) is 4.97. The summed E-state index contributed by atoms with van der Waals surface area (Å²) >= 11 is 1.32. The van der Waals surface area contributed by atoms with Crippen molar-refractivity contribution in [2.24, 2.45) is 10.2 Å². The van der Waals surface area contributed by atoms with Crippen molar-refractivity contribution in [3.05, 3.63) is 62.7 Å². The van der Waals surface area contributed by atoms with Gasteiger partial charge in [-0.25, -0.2) is 10.4 Å². The van der Waals surface area contributed by atoms with Gasteiger partial charge in [0, 0.05) is 22.8 Å². The SMILES string of the molecule is Cc1cc(C2=NN(C3=NNC(=O)CS3)C(C)Cc3cc4c(cc32)OCO4)ccc1[N+](=O)[O-]. The second kappa shape index (κ2) is 7.83. The lowest BCUT2D eigenvalue weighted by atomic mass is 9.93. The maximum Gasteiger partial charge on any atom is 0.272 e. The minimum atomic E-state index is -0.398. The van der Waals surface area contributed by atoms with Crippen LogP contribution in [0.5, 0.6) is 11.5 Å². The van der Waals surface area contributed by atoms with Crippen molar-refractivity contribution in [1.29, 1.82) is 0 Å². The average molecular weight is 453 g/mol. The smallest absolute Gasteiger partial charge is 0.272 e. The zero-order valence-corrected chi connectivity index (χ0v) is 18.1. The van der Waals surface area contributed by atoms with Crippen LogP contribution in [0.4, 0.5) is 5.69 Å². The third kappa shape index (κ3) is 3.54. The van der Waals surface area contributed by atoms with Crippen LogP contribution in [0.3, 0.4) is 0 Å². The van der Waals surface area contributed by atoms with Gasteiger partial charge >= 0.3 is 0 Å². The Hall–Kier alpha value is -3.60. The van der Waals surface area contributed by atoms with Crippen molar-refractivity contribution < 1.29 is 19.2 Å². The van der Waals surface area contributed by atoms with E-state index in [0.29, 0.717) is 34.4 Å². The molecule has 0 saturated carbocycles. The van der Waals surface area contributed by atoms with Crippen molar-refractivity contribution in [2.45, 2.75) is 26.3 Å². The number of hydrogen-bond donors (Lipinski definition) is 1. The number of nitro groups is 1. The Labute approximate surface area is 187 Å². The number of hydrazone groups is 2. The summed E-state index contributed by atoms with van der Waals surface area (Å²) in [6, 6.07) is 8.75. The highest BCUT2D eigenvalue weighted by Gasteiger charge is 2.31. The van der Waals surface area contributed by atoms with Crippen LogP contribution in [0.2, 0.25) is 0 Å². The number of carbonyl (C=O) groups is 1. The summed E-state index contributed by atoms with van der Waals surface area (Å²) in [6.45, 7) is 3.90. The van der Waals surface area contributed by atoms with Crippen LogP contribution in [0.1, 0.15) is 29.2 Å². The quantitative estimate of drug-likeness (QED) is 0.549. The molecule has 1 atom stereocenters. The van der Waals surface area contributed by atoms with Gasteiger partial charge in [0.25, 0.3) is 11.6 Å². The van der Waals surface area contributed by atoms with E-state index in [1.54, 1.807) is 24.1 Å². The Balaban J connectivity index is 1.67. The summed E-state index contributed by atoms with van der Waals surface area (Å²) < 4.78 is 11.2. The summed E-state index contributed by atoms with van der Waals surface area (Å²) in [7, 11) is 0. The van der Waals surface area contributed by atoms with E-state index in [9.17, 15) is 14.9 Å². The fraction of sp³-hybridized carbons (Fsp3) is 0.286. The summed E-state index contributed by atoms with van der Waals surface area (Å²) in [4.78, 5) is 22.5. The minimum absolute atomic E-state index is 0.0500. The highest BCUT2D eigenvalue weighted by atomic mass is 32.2. The molecule has 10 nitrogen and oxygen atoms in total. The Bertz CT molecular complexity index is 1210. The van der Waals surface area contributed by atoms with Crippen LogP contribution in [0.25, 0.3) is 0 Å². The van der Waals surface area contributed by atoms with Gasteiger partial charge in [0.2, 0.25) is 12.0 Å². The van der Waals surface area contributed by atoms with Crippen molar-refractivity contribution >= 4 is 34.2 Å². The van der Waals surface area contributed by atoms with Crippen LogP contribution in [-0.2, 0) is 11.2 Å². The summed E-state index contributed by atoms with van der Waals surface area (Å²) in [5, 5.41) is 22.8. The predicted octanol–water partition coefficient (Wildman–Crippen LogP) is 2.76. The van der Waals surface area contributed by atoms with Gasteiger partial charge in [-0.3, -0.25) is 14.9 Å². The van der Waals surface area contributed by atoms with Crippen LogP contribution in [-0.4, -0.2) is 45.3 Å². The van der Waals surface area contributed by atoms with E-state index in [-0.39, 0.29) is 30.2 Å². The van der Waals surface area contributed by atoms with Gasteiger partial charge in [-0.1, -0.05) is 11.8 Å². The van der Waals surface area contributed by atoms with E-state index in [4.69, 9.17) is 14.6 Å². The van der Waals surface area contributed by atoms with Gasteiger partial charge in [-0.2, -0.15) is 5.10 Å². The second-order valence-electron chi connectivity index (χ2n) is 7.69. The molecular weight excluding hydrogens is 434 g/mol. The Morgan fingerprint density at radius 1 is 1.25 bits per heavy atom. The molecule has 3 aliphatic heterocycles. The number of nitrogens with zero attached hydrogens (tertiary/aromatic N) is 4. The molecule has 0 fully saturated rings. The Morgan fingerprint density at radius 2 is 2.03 bits per heavy atom. The van der Waals surface area contributed by atoms with E-state index in [0.717, 1.165) is 16.7 Å². The average Bonchev–Trinajstić information content (AvgIpc) is 3.16. The third-order valence-corrected chi connectivity index (χ3v) is 6.41. The van der Waals surface area contributed by atoms with Crippen molar-refractivity contribution in [3.8, 4) is 11.5 Å². The monoisotopic (exact) mass is 453 g/mol. The highest BCUT2D eigenvalue weighted by molar-refractivity contribution is 8.14. The lowest BCUT2D eigenvalue weighted by Gasteiger charge is -2.27. The van der Waals surface area contributed by atoms with Crippen molar-refractivity contribution in [2.75, 3.05) is 12.5 Å². The lowest BCUT2D eigenvalue weighted by molar-refractivity contribution is -0.385. The maximum absolute atomic E-state index is 11.6. The van der Waals surface area contributed by atoms with Gasteiger partial charge < -0.3 is 9.47 Å². The lowest BCUT2D eigenvalue weighted by Crippen LogP contribution is -2.39. The van der Waals surface area contributed by atoms with Gasteiger partial charge in [-0.05, 0) is 50.1 Å². The molecule has 5 rings (SSSR count). The molecule has 0 aliphatic carbocycles. The number of ether oxygens (including phenoxy) is 2. The number of amidine groups is 1. The first-order chi connectivity index (χ1) is 15.4. The first-order valence-corrected chi connectivity index (χ1v) is 10.9. The predicted molar refractivity (Wildman–Crippen MR) is 119 cm³/mol. The molecule has 0 saturated heterocycles. The fourth-order valence-electron chi connectivity index (χ4n) is 3.91. The molecule has 1 N–H and O–H groups in total. The molecule has 32 heavy (non-hydrogen) atoms. The molecule has 0 aromatic heterocycles. The first-order valence-electron chi connectivity index (χ1n) is 9.96. The number of carbonyl (C=O) groups excluding carboxylic acids is 1. The Morgan fingerprint density at radius 3 is 2.72 bits per heavy atom. The molecule has 3 aliphatic rings. The number of fused-ring (bicyclic) bond motifs is 2. The highest BCUT2D eigenvalue weighted by Crippen LogP contribution is 2.38. The molecule has 3 heterocycles. The van der Waals surface area contributed by atoms with Gasteiger partial charge in [0.15, 0.2) is 11.5 Å². The molecule has 1 unspecified atom stereocenters. The van der Waals surface area contributed by atoms with Crippen LogP contribution in [0.15, 0.2) is 40.5 Å². The molecule has 164 valence electrons. The standard InChI is InChI=1S/C21H19N5O5S/c1-11-5-13(3-4-16(11)26(28)29)20-15-8-18-17(30-10-31-18)7-14(15)6-12(2)25(24-20)21-23-22-19(27)9-32-21/h3-5,7-8,12H,6,9-10H2,1-2H3,(H,22,27). The number of rotatable bonds is 2. The van der Waals surface area contributed by atoms with Crippen LogP contribution in [0, 0.1) is 17.0 Å². The second-order valence-corrected chi connectivity index (χ2v) is 8.63. The minimum Gasteiger partial charge on any atom is -0.454 e. The number of thioether (sulfide) groups is 1. The summed E-state index contributed by atoms with van der Waals surface area (Å²) in [5.74, 6) is 1.41. The van der Waals surface area contributed by atoms with Crippen LogP contribution < -0.4 is 14.9 Å². The molecular formula is C21H19N5O5S. The molecule has 0 bridgehead atoms. The van der Waals surface area contributed by atoms with E-state index in [2.05, 4.69) is 10.5 Å². The topological polar surface area (TPSA) is 119 Å². The molecule has 2 aromatic rings. The van der Waals surface area contributed by atoms with Gasteiger partial charge in [0.1, 0.15) is 0 Å². The molecule has 2 aromatic carbocycles. The number of hydrogen-bond acceptors (Lipinski definition) is 9. The number of benzene rings is 2. The van der Waals surface area contributed by atoms with Crippen molar-refractivity contribution in [1.82, 2.24) is 10.4 Å². The molecule has 11 heteroatoms. The van der Waals surface area contributed by atoms with E-state index >= 15 is 0 Å². The number of aryl methyl sites for hydroxylation is 1. The van der Waals surface area contributed by atoms with E-state index in [1.807, 2.05) is 19.1 Å². The van der Waals surface area contributed by atoms with Crippen LogP contribution >= 0.6 is 11.8 Å². The summed E-state index contributed by atoms with van der Waals surface area (Å²) in [5.41, 5.74) is 6.36. The maximum atomic E-state index is 11.6. The fourth-order valence-corrected chi connectivity index (χ4v) is 4.70. The normalized spacial score (nSPS) is 19.5. The zero-order chi connectivity index (χ0) is 22.4. The first kappa shape index (κ1) is 20.3. The number of amides is 1. The molecule has 0 spiro atoms. The third-order valence-electron chi connectivity index (χ3n) is 5.47. The largest absolute Gasteiger partial charge is 0.454 e. The summed E-state index contributed by atoms with van der Waals surface area (Å²) in [6.07, 6.45) is 0.651. The number of nitrogens with one attached hydrogen (secondary N) is 1. The number of nitro benzene ring substituents is 1. The zero-order valence-electron chi connectivity index (χ0n) is 17.3. The van der Waals surface area contributed by atoms with Crippen molar-refractivity contribution in [3.63, 3.8) is 0 Å². The van der Waals surface area contributed by atoms with Gasteiger partial charge in [-0.15, -0.1) is 5.10 Å².